The van der Waals surface area contributed by atoms with E-state index in [-0.39, 0.29) is 38.9 Å². The van der Waals surface area contributed by atoms with Crippen LogP contribution in [0.2, 0.25) is 0 Å². The van der Waals surface area contributed by atoms with Gasteiger partial charge in [0, 0.05) is 26.2 Å². The smallest absolute Gasteiger partial charge is 0.322 e. The van der Waals surface area contributed by atoms with Crippen molar-refractivity contribution in [3.8, 4) is 0 Å². The van der Waals surface area contributed by atoms with Crippen LogP contribution in [-0.4, -0.2) is 167 Å². The molecule has 0 aromatic heterocycles. The van der Waals surface area contributed by atoms with Crippen LogP contribution in [0.4, 0.5) is 0 Å². The van der Waals surface area contributed by atoms with Gasteiger partial charge >= 0.3 is 17.9 Å². The van der Waals surface area contributed by atoms with Crippen molar-refractivity contribution in [3.63, 3.8) is 0 Å². The zero-order valence-corrected chi connectivity index (χ0v) is 48.1. The van der Waals surface area contributed by atoms with Gasteiger partial charge in [-0.3, -0.25) is 42.9 Å². The second-order valence-corrected chi connectivity index (χ2v) is 22.2. The number of ether oxygens (including phenoxy) is 2. The van der Waals surface area contributed by atoms with E-state index < -0.39 is 99.2 Å². The van der Waals surface area contributed by atoms with Gasteiger partial charge < -0.3 is 64.5 Å². The first-order chi connectivity index (χ1) is 36.5. The van der Waals surface area contributed by atoms with Crippen LogP contribution in [0.3, 0.4) is 0 Å². The summed E-state index contributed by atoms with van der Waals surface area (Å²) >= 11 is 0. The molecule has 6 N–H and O–H groups in total. The number of carbonyl (C=O) groups is 8. The highest BCUT2D eigenvalue weighted by atomic mass is 31.2. The quantitative estimate of drug-likeness (QED) is 0.0227. The number of phosphoric acid groups is 1. The van der Waals surface area contributed by atoms with Gasteiger partial charge in [0.05, 0.1) is 34.3 Å². The highest BCUT2D eigenvalue weighted by Crippen LogP contribution is 2.38. The number of hydrogen-bond donors (Lipinski definition) is 6. The largest absolute Gasteiger partial charge is 0.756 e. The molecule has 5 amide bonds. The molecule has 77 heavy (non-hydrogen) atoms. The molecule has 0 aliphatic rings. The van der Waals surface area contributed by atoms with Crippen molar-refractivity contribution in [2.75, 3.05) is 80.7 Å². The van der Waals surface area contributed by atoms with E-state index in [0.717, 1.165) is 19.3 Å². The lowest BCUT2D eigenvalue weighted by atomic mass is 10.0. The maximum Gasteiger partial charge on any atom is 0.322 e. The van der Waals surface area contributed by atoms with Gasteiger partial charge in [-0.1, -0.05) is 114 Å². The molecule has 0 aliphatic carbocycles. The standard InChI is InChI=1S/C54H94N7O15P/c1-8-9-10-11-12-13-14-15-16-17-18-19-23-31-50(66)73-40-45(41-75-77(71,72)74-36-35-61(5,6)7)76-51(67)32-25-27-34-60(4)33-26-24-30-46(53(69)56-38-48(63)55-39-49(64)65)58-54(70)47(37-44-28-21-20-22-29-44)59-52(68)42(2)57-43(3)62/h20-22,28-29,42,45-47H,8-19,23-27,30-41H2,1-7H3,(H6-,55,56,57,58,59,62,63,64,65,68,69,70,71,72)/t42-,45-,46-,47-/m0/s1. The molecule has 0 saturated heterocycles. The average Bonchev–Trinajstić information content (AvgIpc) is 3.36. The van der Waals surface area contributed by atoms with Gasteiger partial charge in [-0.05, 0) is 71.1 Å². The average molecular weight is 1110 g/mol. The Morgan fingerprint density at radius 3 is 1.82 bits per heavy atom. The van der Waals surface area contributed by atoms with Crippen molar-refractivity contribution >= 4 is 55.3 Å². The third kappa shape index (κ3) is 39.1. The first-order valence-corrected chi connectivity index (χ1v) is 29.1. The van der Waals surface area contributed by atoms with Gasteiger partial charge in [0.15, 0.2) is 6.10 Å². The number of carboxylic acid groups (broad SMARTS) is 1. The maximum absolute atomic E-state index is 13.8. The van der Waals surface area contributed by atoms with E-state index in [0.29, 0.717) is 61.8 Å². The number of likely N-dealkylation sites (N-methyl/N-ethyl adjacent to an activating group) is 1. The normalized spacial score (nSPS) is 13.8. The van der Waals surface area contributed by atoms with Gasteiger partial charge in [-0.15, -0.1) is 0 Å². The SMILES string of the molecule is CCCCCCCCCCCCCCCC(=O)OC[C@@H](COP(=O)([O-])OCC[N+](C)(C)C)OC(=O)CCCCN(C)CCCC[C@H](NC(=O)[C@H](Cc1ccccc1)NC(=O)[C@H](C)NC(C)=O)C(=O)NCC(=O)NCC(=O)O. The van der Waals surface area contributed by atoms with Crippen molar-refractivity contribution in [1.29, 1.82) is 0 Å². The van der Waals surface area contributed by atoms with Crippen LogP contribution in [0.25, 0.3) is 0 Å². The summed E-state index contributed by atoms with van der Waals surface area (Å²) in [6, 6.07) is 5.59. The summed E-state index contributed by atoms with van der Waals surface area (Å²) in [5.41, 5.74) is 0.712. The predicted octanol–water partition coefficient (Wildman–Crippen LogP) is 4.46. The monoisotopic (exact) mass is 1110 g/mol. The lowest BCUT2D eigenvalue weighted by Crippen LogP contribution is -2.57. The summed E-state index contributed by atoms with van der Waals surface area (Å²) in [6.45, 7) is 4.17. The first kappa shape index (κ1) is 70.0. The Morgan fingerprint density at radius 2 is 1.23 bits per heavy atom. The van der Waals surface area contributed by atoms with Crippen molar-refractivity contribution in [2.45, 2.75) is 180 Å². The van der Waals surface area contributed by atoms with Crippen LogP contribution >= 0.6 is 7.82 Å². The minimum atomic E-state index is -4.76. The summed E-state index contributed by atoms with van der Waals surface area (Å²) in [5.74, 6) is -5.59. The second-order valence-electron chi connectivity index (χ2n) is 20.8. The van der Waals surface area contributed by atoms with Crippen LogP contribution in [0.15, 0.2) is 30.3 Å². The molecule has 440 valence electrons. The molecule has 0 spiro atoms. The fourth-order valence-corrected chi connectivity index (χ4v) is 8.56. The van der Waals surface area contributed by atoms with Crippen LogP contribution < -0.4 is 31.5 Å². The summed E-state index contributed by atoms with van der Waals surface area (Å²) in [7, 11) is 2.75. The van der Waals surface area contributed by atoms with E-state index in [1.165, 1.54) is 71.6 Å². The molecule has 22 nitrogen and oxygen atoms in total. The molecular weight excluding hydrogens is 1020 g/mol. The number of hydrogen-bond acceptors (Lipinski definition) is 15. The van der Waals surface area contributed by atoms with E-state index in [2.05, 4.69) is 33.5 Å². The van der Waals surface area contributed by atoms with Crippen molar-refractivity contribution in [2.24, 2.45) is 0 Å². The van der Waals surface area contributed by atoms with Crippen LogP contribution in [0.1, 0.15) is 155 Å². The lowest BCUT2D eigenvalue weighted by molar-refractivity contribution is -0.870. The summed E-state index contributed by atoms with van der Waals surface area (Å²) < 4.78 is 34.0. The van der Waals surface area contributed by atoms with E-state index in [9.17, 15) is 47.8 Å². The molecule has 0 heterocycles. The van der Waals surface area contributed by atoms with E-state index in [1.54, 1.807) is 30.3 Å². The van der Waals surface area contributed by atoms with Crippen LogP contribution in [0.5, 0.6) is 0 Å². The van der Waals surface area contributed by atoms with Gasteiger partial charge in [0.2, 0.25) is 29.5 Å². The topological polar surface area (TPSA) is 297 Å². The third-order valence-electron chi connectivity index (χ3n) is 12.3. The van der Waals surface area contributed by atoms with E-state index in [4.69, 9.17) is 23.6 Å². The molecular formula is C54H94N7O15P. The van der Waals surface area contributed by atoms with Gasteiger partial charge in [-0.25, -0.2) is 0 Å². The van der Waals surface area contributed by atoms with E-state index >= 15 is 0 Å². The van der Waals surface area contributed by atoms with Crippen molar-refractivity contribution in [1.82, 2.24) is 31.5 Å². The highest BCUT2D eigenvalue weighted by Gasteiger charge is 2.29. The molecule has 0 radical (unpaired) electrons. The molecule has 1 aromatic rings. The van der Waals surface area contributed by atoms with Crippen molar-refractivity contribution in [3.05, 3.63) is 35.9 Å². The maximum atomic E-state index is 13.8. The molecule has 0 aliphatic heterocycles. The number of esters is 2. The summed E-state index contributed by atoms with van der Waals surface area (Å²) in [6.07, 6.45) is 16.3. The Balaban J connectivity index is 2.79. The van der Waals surface area contributed by atoms with Crippen molar-refractivity contribution < 1.29 is 75.9 Å². The van der Waals surface area contributed by atoms with Gasteiger partial charge in [-0.2, -0.15) is 0 Å². The molecule has 1 unspecified atom stereocenters. The zero-order chi connectivity index (χ0) is 57.5. The Labute approximate surface area is 457 Å². The number of carbonyl (C=O) groups excluding carboxylic acids is 7. The number of nitrogens with one attached hydrogen (secondary N) is 5. The Hall–Kier alpha value is -4.99. The van der Waals surface area contributed by atoms with Gasteiger partial charge in [0.1, 0.15) is 44.4 Å². The zero-order valence-electron chi connectivity index (χ0n) is 47.2. The number of aliphatic carboxylic acids is 1. The molecule has 0 bridgehead atoms. The lowest BCUT2D eigenvalue weighted by Gasteiger charge is -2.28. The number of carboxylic acids is 1. The highest BCUT2D eigenvalue weighted by molar-refractivity contribution is 7.45. The van der Waals surface area contributed by atoms with Gasteiger partial charge in [0.25, 0.3) is 7.82 Å². The number of amides is 5. The molecule has 1 aromatic carbocycles. The van der Waals surface area contributed by atoms with E-state index in [1.807, 2.05) is 33.1 Å². The first-order valence-electron chi connectivity index (χ1n) is 27.6. The predicted molar refractivity (Wildman–Crippen MR) is 290 cm³/mol. The summed E-state index contributed by atoms with van der Waals surface area (Å²) in [5, 5.41) is 21.4. The van der Waals surface area contributed by atoms with Crippen LogP contribution in [0, 0.1) is 0 Å². The number of benzene rings is 1. The number of nitrogens with zero attached hydrogens (tertiary/aromatic N) is 2. The molecule has 0 saturated carbocycles. The Bertz CT molecular complexity index is 1940. The molecule has 5 atom stereocenters. The fourth-order valence-electron chi connectivity index (χ4n) is 7.83. The second kappa shape index (κ2) is 41.1. The summed E-state index contributed by atoms with van der Waals surface area (Å²) in [4.78, 5) is 115. The Morgan fingerprint density at radius 1 is 0.675 bits per heavy atom. The molecule has 1 rings (SSSR count). The third-order valence-corrected chi connectivity index (χ3v) is 13.3. The minimum Gasteiger partial charge on any atom is -0.756 e. The number of quaternary nitrogens is 1. The Kier molecular flexibility index (Phi) is 37.4. The number of unbranched alkanes of at least 4 members (excludes halogenated alkanes) is 14. The fraction of sp³-hybridized carbons (Fsp3) is 0.741. The molecule has 23 heteroatoms. The number of phosphoric ester groups is 1. The number of rotatable bonds is 46. The van der Waals surface area contributed by atoms with Crippen LogP contribution in [-0.2, 0) is 67.9 Å². The minimum absolute atomic E-state index is 0.00499. The molecule has 0 fully saturated rings.